The van der Waals surface area contributed by atoms with Gasteiger partial charge in [-0.15, -0.1) is 0 Å². The molecule has 6 heteroatoms. The van der Waals surface area contributed by atoms with Crippen molar-refractivity contribution in [2.75, 3.05) is 32.7 Å². The Morgan fingerprint density at radius 2 is 1.73 bits per heavy atom. The summed E-state index contributed by atoms with van der Waals surface area (Å²) < 4.78 is 0. The molecule has 1 heterocycles. The number of halogens is 1. The van der Waals surface area contributed by atoms with E-state index in [2.05, 4.69) is 36.4 Å². The van der Waals surface area contributed by atoms with Gasteiger partial charge < -0.3 is 9.80 Å². The van der Waals surface area contributed by atoms with Crippen LogP contribution in [0.25, 0.3) is 6.08 Å². The fourth-order valence-electron chi connectivity index (χ4n) is 3.36. The van der Waals surface area contributed by atoms with Crippen molar-refractivity contribution < 1.29 is 14.7 Å². The molecule has 0 aliphatic carbocycles. The average molecular weight is 374 g/mol. The third-order valence-corrected chi connectivity index (χ3v) is 5.16. The molecule has 2 aromatic carbocycles. The number of nitro benzene ring substituents is 1. The van der Waals surface area contributed by atoms with Gasteiger partial charge in [0.05, 0.1) is 11.5 Å². The van der Waals surface area contributed by atoms with Crippen molar-refractivity contribution in [3.8, 4) is 0 Å². The van der Waals surface area contributed by atoms with E-state index in [1.54, 1.807) is 17.0 Å². The van der Waals surface area contributed by atoms with Crippen LogP contribution in [0.15, 0.2) is 54.6 Å². The van der Waals surface area contributed by atoms with Crippen LogP contribution in [-0.4, -0.2) is 37.6 Å². The summed E-state index contributed by atoms with van der Waals surface area (Å²) in [7, 11) is 0. The first-order valence-electron chi connectivity index (χ1n) is 8.93. The van der Waals surface area contributed by atoms with Crippen molar-refractivity contribution in [1.82, 2.24) is 0 Å². The minimum Gasteiger partial charge on any atom is -0.322 e. The molecule has 1 saturated heterocycles. The third kappa shape index (κ3) is 5.14. The summed E-state index contributed by atoms with van der Waals surface area (Å²) in [4.78, 5) is 13.7. The van der Waals surface area contributed by atoms with Gasteiger partial charge in [-0.05, 0) is 17.7 Å². The maximum absolute atomic E-state index is 11.0. The predicted octanol–water partition coefficient (Wildman–Crippen LogP) is 1.25. The highest BCUT2D eigenvalue weighted by atomic mass is 35.5. The van der Waals surface area contributed by atoms with Gasteiger partial charge in [-0.2, -0.15) is 0 Å². The van der Waals surface area contributed by atoms with Crippen LogP contribution >= 0.6 is 11.6 Å². The van der Waals surface area contributed by atoms with Crippen LogP contribution < -0.4 is 9.80 Å². The molecular weight excluding hydrogens is 350 g/mol. The first-order chi connectivity index (χ1) is 12.6. The number of rotatable bonds is 6. The molecule has 3 rings (SSSR count). The van der Waals surface area contributed by atoms with Crippen LogP contribution in [0.4, 0.5) is 5.69 Å². The van der Waals surface area contributed by atoms with Crippen molar-refractivity contribution in [3.63, 3.8) is 0 Å². The van der Waals surface area contributed by atoms with Gasteiger partial charge in [0, 0.05) is 11.6 Å². The number of nitrogens with zero attached hydrogens (tertiary/aromatic N) is 1. The van der Waals surface area contributed by atoms with Crippen LogP contribution in [0.2, 0.25) is 5.02 Å². The number of nitro groups is 1. The summed E-state index contributed by atoms with van der Waals surface area (Å²) in [5, 5.41) is 11.2. The molecule has 0 saturated carbocycles. The lowest BCUT2D eigenvalue weighted by Crippen LogP contribution is -3.27. The minimum atomic E-state index is -0.414. The standard InChI is InChI=1S/C20H22ClN3O2/c21-19-9-8-18(15-20(19)24(25)26)16-23-13-11-22(12-14-23)10-4-7-17-5-2-1-3-6-17/h1-9,15H,10-14,16H2/p+2/b7-4+. The topological polar surface area (TPSA) is 52.0 Å². The van der Waals surface area contributed by atoms with Crippen LogP contribution in [0.1, 0.15) is 11.1 Å². The highest BCUT2D eigenvalue weighted by Crippen LogP contribution is 2.24. The van der Waals surface area contributed by atoms with E-state index < -0.39 is 4.92 Å². The molecular formula is C20H24ClN3O2+2. The van der Waals surface area contributed by atoms with Gasteiger partial charge in [0.2, 0.25) is 0 Å². The van der Waals surface area contributed by atoms with Crippen LogP contribution in [-0.2, 0) is 6.54 Å². The zero-order valence-electron chi connectivity index (χ0n) is 14.7. The smallest absolute Gasteiger partial charge is 0.288 e. The Labute approximate surface area is 158 Å². The molecule has 2 aromatic rings. The fraction of sp³-hybridized carbons (Fsp3) is 0.300. The maximum Gasteiger partial charge on any atom is 0.288 e. The van der Waals surface area contributed by atoms with Crippen LogP contribution in [0.5, 0.6) is 0 Å². The summed E-state index contributed by atoms with van der Waals surface area (Å²) in [5.41, 5.74) is 2.21. The van der Waals surface area contributed by atoms with E-state index in [1.165, 1.54) is 10.5 Å². The quantitative estimate of drug-likeness (QED) is 0.591. The number of hydrogen-bond acceptors (Lipinski definition) is 2. The Morgan fingerprint density at radius 1 is 1.04 bits per heavy atom. The summed E-state index contributed by atoms with van der Waals surface area (Å²) in [6.45, 7) is 6.23. The summed E-state index contributed by atoms with van der Waals surface area (Å²) >= 11 is 5.89. The van der Waals surface area contributed by atoms with Gasteiger partial charge >= 0.3 is 0 Å². The third-order valence-electron chi connectivity index (χ3n) is 4.84. The van der Waals surface area contributed by atoms with Crippen molar-refractivity contribution in [2.45, 2.75) is 6.54 Å². The molecule has 1 fully saturated rings. The molecule has 0 bridgehead atoms. The van der Waals surface area contributed by atoms with Gasteiger partial charge in [-0.25, -0.2) is 0 Å². The molecule has 1 aliphatic rings. The van der Waals surface area contributed by atoms with Gasteiger partial charge in [-0.1, -0.05) is 54.1 Å². The Hall–Kier alpha value is -2.21. The first-order valence-corrected chi connectivity index (χ1v) is 9.31. The van der Waals surface area contributed by atoms with Gasteiger partial charge in [-0.3, -0.25) is 10.1 Å². The Morgan fingerprint density at radius 3 is 2.42 bits per heavy atom. The highest BCUT2D eigenvalue weighted by molar-refractivity contribution is 6.32. The molecule has 5 nitrogen and oxygen atoms in total. The van der Waals surface area contributed by atoms with Gasteiger partial charge in [0.25, 0.3) is 5.69 Å². The van der Waals surface area contributed by atoms with Crippen LogP contribution in [0.3, 0.4) is 0 Å². The summed E-state index contributed by atoms with van der Waals surface area (Å²) in [5.74, 6) is 0. The molecule has 1 aliphatic heterocycles. The van der Waals surface area contributed by atoms with E-state index in [4.69, 9.17) is 11.6 Å². The Kier molecular flexibility index (Phi) is 6.39. The molecule has 0 amide bonds. The number of nitrogens with one attached hydrogen (secondary N) is 2. The summed E-state index contributed by atoms with van der Waals surface area (Å²) in [6, 6.07) is 15.5. The maximum atomic E-state index is 11.0. The largest absolute Gasteiger partial charge is 0.322 e. The number of hydrogen-bond donors (Lipinski definition) is 2. The second-order valence-electron chi connectivity index (χ2n) is 6.74. The average Bonchev–Trinajstić information content (AvgIpc) is 2.65. The summed E-state index contributed by atoms with van der Waals surface area (Å²) in [6.07, 6.45) is 4.43. The Balaban J connectivity index is 1.47. The molecule has 0 unspecified atom stereocenters. The minimum absolute atomic E-state index is 0.00104. The molecule has 0 spiro atoms. The van der Waals surface area contributed by atoms with Crippen molar-refractivity contribution in [2.24, 2.45) is 0 Å². The van der Waals surface area contributed by atoms with E-state index >= 15 is 0 Å². The second-order valence-corrected chi connectivity index (χ2v) is 7.14. The lowest BCUT2D eigenvalue weighted by atomic mass is 10.1. The molecule has 26 heavy (non-hydrogen) atoms. The van der Waals surface area contributed by atoms with Gasteiger partial charge in [0.15, 0.2) is 0 Å². The highest BCUT2D eigenvalue weighted by Gasteiger charge is 2.23. The SMILES string of the molecule is O=[N+]([O-])c1cc(C[NH+]2CC[NH+](C/C=C/c3ccccc3)CC2)ccc1Cl. The van der Waals surface area contributed by atoms with E-state index in [0.29, 0.717) is 0 Å². The van der Waals surface area contributed by atoms with E-state index in [1.807, 2.05) is 12.1 Å². The molecule has 0 aromatic heterocycles. The molecule has 0 atom stereocenters. The van der Waals surface area contributed by atoms with E-state index in [-0.39, 0.29) is 10.7 Å². The predicted molar refractivity (Wildman–Crippen MR) is 104 cm³/mol. The zero-order valence-corrected chi connectivity index (χ0v) is 15.4. The van der Waals surface area contributed by atoms with E-state index in [0.717, 1.165) is 44.8 Å². The second kappa shape index (κ2) is 8.94. The Bertz CT molecular complexity index is 772. The molecule has 0 radical (unpaired) electrons. The van der Waals surface area contributed by atoms with Crippen molar-refractivity contribution in [1.29, 1.82) is 0 Å². The lowest BCUT2D eigenvalue weighted by molar-refractivity contribution is -1.02. The number of benzene rings is 2. The number of piperazine rings is 1. The first kappa shape index (κ1) is 18.6. The fourth-order valence-corrected chi connectivity index (χ4v) is 3.55. The van der Waals surface area contributed by atoms with Crippen LogP contribution in [0, 0.1) is 10.1 Å². The van der Waals surface area contributed by atoms with Gasteiger partial charge in [0.1, 0.15) is 37.7 Å². The van der Waals surface area contributed by atoms with E-state index in [9.17, 15) is 10.1 Å². The zero-order chi connectivity index (χ0) is 18.4. The molecule has 136 valence electrons. The molecule has 2 N–H and O–H groups in total. The lowest BCUT2D eigenvalue weighted by Gasteiger charge is -2.29. The monoisotopic (exact) mass is 373 g/mol. The van der Waals surface area contributed by atoms with Crippen molar-refractivity contribution in [3.05, 3.63) is 80.9 Å². The normalized spacial score (nSPS) is 20.3. The van der Waals surface area contributed by atoms with Crippen molar-refractivity contribution >= 4 is 23.4 Å². The number of quaternary nitrogens is 2.